The molecule has 5 heteroatoms. The zero-order valence-corrected chi connectivity index (χ0v) is 7.95. The Kier molecular flexibility index (Phi) is 3.57. The molecule has 0 saturated heterocycles. The number of hydrogen-bond donors (Lipinski definition) is 1. The van der Waals surface area contributed by atoms with Crippen molar-refractivity contribution in [3.05, 3.63) is 35.1 Å². The first kappa shape index (κ1) is 11.1. The fourth-order valence-electron chi connectivity index (χ4n) is 0.994. The zero-order chi connectivity index (χ0) is 10.7. The molecule has 0 atom stereocenters. The molecule has 1 rings (SSSR count). The van der Waals surface area contributed by atoms with Gasteiger partial charge in [0.1, 0.15) is 5.78 Å². The second-order valence-corrected chi connectivity index (χ2v) is 3.06. The maximum atomic E-state index is 12.6. The van der Waals surface area contributed by atoms with Gasteiger partial charge in [-0.15, -0.1) is 0 Å². The van der Waals surface area contributed by atoms with Crippen LogP contribution in [0.3, 0.4) is 0 Å². The number of rotatable bonds is 3. The topological polar surface area (TPSA) is 17.1 Å². The van der Waals surface area contributed by atoms with E-state index in [-0.39, 0.29) is 23.5 Å². The van der Waals surface area contributed by atoms with Crippen LogP contribution in [-0.4, -0.2) is 11.5 Å². The molecule has 0 N–H and O–H groups in total. The van der Waals surface area contributed by atoms with Crippen LogP contribution in [0.2, 0.25) is 0 Å². The van der Waals surface area contributed by atoms with Crippen molar-refractivity contribution >= 4 is 18.4 Å². The van der Waals surface area contributed by atoms with Crippen LogP contribution in [0.25, 0.3) is 0 Å². The summed E-state index contributed by atoms with van der Waals surface area (Å²) in [4.78, 5) is 10.9. The van der Waals surface area contributed by atoms with Crippen molar-refractivity contribution in [1.29, 1.82) is 0 Å². The normalized spacial score (nSPS) is 10.3. The van der Waals surface area contributed by atoms with Crippen molar-refractivity contribution in [2.45, 2.75) is 6.42 Å². The smallest absolute Gasteiger partial charge is 0.194 e. The van der Waals surface area contributed by atoms with Gasteiger partial charge < -0.3 is 0 Å². The number of carbonyl (C=O) groups is 1. The Balaban J connectivity index is 2.95. The van der Waals surface area contributed by atoms with E-state index in [0.717, 1.165) is 12.1 Å². The lowest BCUT2D eigenvalue weighted by Crippen LogP contribution is -2.05. The molecule has 0 aliphatic heterocycles. The number of hydrogen-bond acceptors (Lipinski definition) is 2. The summed E-state index contributed by atoms with van der Waals surface area (Å²) >= 11 is 3.71. The summed E-state index contributed by atoms with van der Waals surface area (Å²) < 4.78 is 37.8. The van der Waals surface area contributed by atoms with E-state index < -0.39 is 17.5 Å². The van der Waals surface area contributed by atoms with Gasteiger partial charge in [-0.1, -0.05) is 0 Å². The highest BCUT2D eigenvalue weighted by molar-refractivity contribution is 7.81. The Hall–Kier alpha value is -0.970. The Morgan fingerprint density at radius 2 is 1.71 bits per heavy atom. The van der Waals surface area contributed by atoms with E-state index in [9.17, 15) is 18.0 Å². The van der Waals surface area contributed by atoms with Crippen LogP contribution < -0.4 is 0 Å². The summed E-state index contributed by atoms with van der Waals surface area (Å²) in [5, 5.41) is 0. The van der Waals surface area contributed by atoms with Gasteiger partial charge >= 0.3 is 0 Å². The molecule has 0 unspecified atom stereocenters. The SMILES string of the molecule is O=C(CS)Cc1cc(F)c(F)c(F)c1. The first-order valence-corrected chi connectivity index (χ1v) is 4.44. The highest BCUT2D eigenvalue weighted by atomic mass is 32.1. The van der Waals surface area contributed by atoms with Gasteiger partial charge in [-0.2, -0.15) is 12.6 Å². The number of Topliss-reactive ketones (excluding diaryl/α,β-unsaturated/α-hetero) is 1. The molecule has 14 heavy (non-hydrogen) atoms. The molecule has 1 nitrogen and oxygen atoms in total. The molecule has 1 aromatic rings. The average molecular weight is 220 g/mol. The minimum absolute atomic E-state index is 0.0133. The Morgan fingerprint density at radius 1 is 1.21 bits per heavy atom. The van der Waals surface area contributed by atoms with E-state index in [1.165, 1.54) is 0 Å². The number of carbonyl (C=O) groups excluding carboxylic acids is 1. The van der Waals surface area contributed by atoms with E-state index >= 15 is 0 Å². The minimum Gasteiger partial charge on any atom is -0.298 e. The lowest BCUT2D eigenvalue weighted by Gasteiger charge is -2.01. The molecule has 0 amide bonds. The van der Waals surface area contributed by atoms with Crippen molar-refractivity contribution < 1.29 is 18.0 Å². The summed E-state index contributed by atoms with van der Waals surface area (Å²) in [5.74, 6) is -4.38. The first-order valence-electron chi connectivity index (χ1n) is 3.80. The van der Waals surface area contributed by atoms with Crippen LogP contribution in [0.4, 0.5) is 13.2 Å². The van der Waals surface area contributed by atoms with Gasteiger partial charge in [-0.25, -0.2) is 13.2 Å². The highest BCUT2D eigenvalue weighted by Gasteiger charge is 2.11. The van der Waals surface area contributed by atoms with Crippen molar-refractivity contribution in [3.63, 3.8) is 0 Å². The molecule has 0 aromatic heterocycles. The van der Waals surface area contributed by atoms with Gasteiger partial charge in [0, 0.05) is 12.2 Å². The maximum absolute atomic E-state index is 12.6. The molecule has 0 heterocycles. The molecule has 0 radical (unpaired) electrons. The molecule has 0 fully saturated rings. The maximum Gasteiger partial charge on any atom is 0.194 e. The molecular formula is C9H7F3OS. The summed E-state index contributed by atoms with van der Waals surface area (Å²) in [6, 6.07) is 1.61. The number of ketones is 1. The van der Waals surface area contributed by atoms with Crippen molar-refractivity contribution in [3.8, 4) is 0 Å². The van der Waals surface area contributed by atoms with Gasteiger partial charge in [0.05, 0.1) is 0 Å². The quantitative estimate of drug-likeness (QED) is 0.610. The second kappa shape index (κ2) is 4.50. The third kappa shape index (κ3) is 2.51. The first-order chi connectivity index (χ1) is 6.54. The third-order valence-corrected chi connectivity index (χ3v) is 1.97. The number of halogens is 3. The van der Waals surface area contributed by atoms with Gasteiger partial charge in [-0.3, -0.25) is 4.79 Å². The lowest BCUT2D eigenvalue weighted by atomic mass is 10.1. The molecule has 76 valence electrons. The molecule has 0 bridgehead atoms. The van der Waals surface area contributed by atoms with Gasteiger partial charge in [-0.05, 0) is 17.7 Å². The van der Waals surface area contributed by atoms with Crippen LogP contribution in [0, 0.1) is 17.5 Å². The van der Waals surface area contributed by atoms with Crippen LogP contribution in [0.15, 0.2) is 12.1 Å². The Bertz CT molecular complexity index is 342. The van der Waals surface area contributed by atoms with E-state index in [1.807, 2.05) is 0 Å². The van der Waals surface area contributed by atoms with Gasteiger partial charge in [0.15, 0.2) is 17.5 Å². The Labute approximate surface area is 84.3 Å². The number of benzene rings is 1. The summed E-state index contributed by atoms with van der Waals surface area (Å²) in [5.41, 5.74) is 0.112. The van der Waals surface area contributed by atoms with Crippen LogP contribution in [0.1, 0.15) is 5.56 Å². The van der Waals surface area contributed by atoms with Gasteiger partial charge in [0.25, 0.3) is 0 Å². The van der Waals surface area contributed by atoms with Crippen molar-refractivity contribution in [2.24, 2.45) is 0 Å². The van der Waals surface area contributed by atoms with E-state index in [0.29, 0.717) is 0 Å². The molecule has 0 aliphatic carbocycles. The number of thiol groups is 1. The van der Waals surface area contributed by atoms with Crippen LogP contribution in [-0.2, 0) is 11.2 Å². The zero-order valence-electron chi connectivity index (χ0n) is 7.06. The molecule has 1 aromatic carbocycles. The fourth-order valence-corrected chi connectivity index (χ4v) is 1.11. The van der Waals surface area contributed by atoms with E-state index in [1.54, 1.807) is 0 Å². The summed E-state index contributed by atoms with van der Waals surface area (Å²) in [6.45, 7) is 0. The molecule has 0 aliphatic rings. The molecule has 0 saturated carbocycles. The van der Waals surface area contributed by atoms with Crippen molar-refractivity contribution in [2.75, 3.05) is 5.75 Å². The highest BCUT2D eigenvalue weighted by Crippen LogP contribution is 2.14. The van der Waals surface area contributed by atoms with Crippen molar-refractivity contribution in [1.82, 2.24) is 0 Å². The third-order valence-electron chi connectivity index (χ3n) is 1.62. The standard InChI is InChI=1S/C9H7F3OS/c10-7-2-5(1-6(13)4-14)3-8(11)9(7)12/h2-3,14H,1,4H2. The predicted octanol–water partition coefficient (Wildman–Crippen LogP) is 2.15. The summed E-state index contributed by atoms with van der Waals surface area (Å²) in [7, 11) is 0. The van der Waals surface area contributed by atoms with E-state index in [2.05, 4.69) is 12.6 Å². The van der Waals surface area contributed by atoms with E-state index in [4.69, 9.17) is 0 Å². The lowest BCUT2D eigenvalue weighted by molar-refractivity contribution is -0.115. The average Bonchev–Trinajstić information content (AvgIpc) is 2.14. The monoisotopic (exact) mass is 220 g/mol. The summed E-state index contributed by atoms with van der Waals surface area (Å²) in [6.07, 6.45) is -0.141. The fraction of sp³-hybridized carbons (Fsp3) is 0.222. The molecular weight excluding hydrogens is 213 g/mol. The predicted molar refractivity (Wildman–Crippen MR) is 48.9 cm³/mol. The largest absolute Gasteiger partial charge is 0.298 e. The van der Waals surface area contributed by atoms with Crippen LogP contribution in [0.5, 0.6) is 0 Å². The second-order valence-electron chi connectivity index (χ2n) is 2.75. The Morgan fingerprint density at radius 3 is 2.14 bits per heavy atom. The molecule has 0 spiro atoms. The van der Waals surface area contributed by atoms with Crippen LogP contribution >= 0.6 is 12.6 Å². The minimum atomic E-state index is -1.52. The van der Waals surface area contributed by atoms with Gasteiger partial charge in [0.2, 0.25) is 0 Å².